The Kier molecular flexibility index (Phi) is 4.02. The summed E-state index contributed by atoms with van der Waals surface area (Å²) >= 11 is 0. The first kappa shape index (κ1) is 14.5. The van der Waals surface area contributed by atoms with E-state index in [4.69, 9.17) is 0 Å². The van der Waals surface area contributed by atoms with Crippen LogP contribution in [0.4, 0.5) is 36.4 Å². The molecule has 0 spiro atoms. The van der Waals surface area contributed by atoms with E-state index in [0.717, 1.165) is 7.05 Å². The van der Waals surface area contributed by atoms with Crippen LogP contribution in [-0.2, 0) is 0 Å². The van der Waals surface area contributed by atoms with E-state index >= 15 is 0 Å². The van der Waals surface area contributed by atoms with Crippen molar-refractivity contribution in [2.45, 2.75) is 12.6 Å². The highest BCUT2D eigenvalue weighted by molar-refractivity contribution is 5.47. The van der Waals surface area contributed by atoms with Crippen LogP contribution in [0.5, 0.6) is 0 Å². The van der Waals surface area contributed by atoms with Gasteiger partial charge in [0.25, 0.3) is 11.9 Å². The molecule has 0 saturated carbocycles. The van der Waals surface area contributed by atoms with E-state index in [2.05, 4.69) is 4.98 Å². The molecule has 0 aromatic carbocycles. The molecule has 9 heteroatoms. The van der Waals surface area contributed by atoms with E-state index in [1.807, 2.05) is 0 Å². The quantitative estimate of drug-likeness (QED) is 0.623. The normalized spacial score (nSPS) is 11.8. The van der Waals surface area contributed by atoms with Crippen LogP contribution >= 0.6 is 0 Å². The molecule has 0 amide bonds. The molecule has 1 aromatic heterocycles. The summed E-state index contributed by atoms with van der Waals surface area (Å²) in [6, 6.07) is 0. The van der Waals surface area contributed by atoms with Crippen molar-refractivity contribution in [1.82, 2.24) is 4.98 Å². The summed E-state index contributed by atoms with van der Waals surface area (Å²) in [4.78, 5) is 2.73. The van der Waals surface area contributed by atoms with Gasteiger partial charge in [-0.1, -0.05) is 0 Å². The molecule has 0 unspecified atom stereocenters. The summed E-state index contributed by atoms with van der Waals surface area (Å²) in [5, 5.41) is 0. The smallest absolute Gasteiger partial charge is 0.369 e. The molecule has 0 saturated heterocycles. The van der Waals surface area contributed by atoms with Gasteiger partial charge in [0.1, 0.15) is 5.69 Å². The molecule has 18 heavy (non-hydrogen) atoms. The van der Waals surface area contributed by atoms with E-state index in [1.54, 1.807) is 0 Å². The van der Waals surface area contributed by atoms with Crippen molar-refractivity contribution < 1.29 is 30.7 Å². The minimum atomic E-state index is -4.55. The van der Waals surface area contributed by atoms with Gasteiger partial charge in [-0.05, 0) is 0 Å². The van der Waals surface area contributed by atoms with Crippen LogP contribution in [0.2, 0.25) is 0 Å². The standard InChI is InChI=1S/C9H7F7N2/c1-18(3-2-9(14,15)16)6-4(10)7(12)17-8(13)5(6)11/h2-3H2,1H3. The zero-order valence-electron chi connectivity index (χ0n) is 8.95. The Labute approximate surface area is 97.0 Å². The molecule has 0 aliphatic rings. The van der Waals surface area contributed by atoms with Gasteiger partial charge in [-0.25, -0.2) is 0 Å². The van der Waals surface area contributed by atoms with Gasteiger partial charge < -0.3 is 4.90 Å². The third-order valence-electron chi connectivity index (χ3n) is 2.09. The summed E-state index contributed by atoms with van der Waals surface area (Å²) in [5.41, 5.74) is -1.22. The monoisotopic (exact) mass is 276 g/mol. The molecule has 2 nitrogen and oxygen atoms in total. The maximum Gasteiger partial charge on any atom is 0.390 e. The van der Waals surface area contributed by atoms with Gasteiger partial charge in [0.15, 0.2) is 0 Å². The number of rotatable bonds is 3. The number of nitrogens with zero attached hydrogens (tertiary/aromatic N) is 2. The first-order valence-corrected chi connectivity index (χ1v) is 4.61. The Morgan fingerprint density at radius 2 is 1.44 bits per heavy atom. The molecule has 0 aliphatic carbocycles. The van der Waals surface area contributed by atoms with Gasteiger partial charge in [-0.15, -0.1) is 0 Å². The van der Waals surface area contributed by atoms with E-state index in [1.165, 1.54) is 0 Å². The van der Waals surface area contributed by atoms with Crippen molar-refractivity contribution in [3.63, 3.8) is 0 Å². The largest absolute Gasteiger partial charge is 0.390 e. The van der Waals surface area contributed by atoms with Crippen LogP contribution in [0.15, 0.2) is 0 Å². The van der Waals surface area contributed by atoms with Crippen LogP contribution in [0.3, 0.4) is 0 Å². The number of anilines is 1. The van der Waals surface area contributed by atoms with Gasteiger partial charge in [0.05, 0.1) is 6.42 Å². The highest BCUT2D eigenvalue weighted by atomic mass is 19.4. The molecule has 0 N–H and O–H groups in total. The molecule has 0 aliphatic heterocycles. The van der Waals surface area contributed by atoms with Crippen LogP contribution in [0.25, 0.3) is 0 Å². The highest BCUT2D eigenvalue weighted by Crippen LogP contribution is 2.27. The zero-order chi connectivity index (χ0) is 14.1. The van der Waals surface area contributed by atoms with E-state index in [0.29, 0.717) is 4.90 Å². The van der Waals surface area contributed by atoms with Crippen molar-refractivity contribution in [2.24, 2.45) is 0 Å². The summed E-state index contributed by atoms with van der Waals surface area (Å²) in [6.45, 7) is -0.847. The predicted octanol–water partition coefficient (Wildman–Crippen LogP) is 3.03. The first-order chi connectivity index (χ1) is 8.13. The maximum absolute atomic E-state index is 13.1. The summed E-state index contributed by atoms with van der Waals surface area (Å²) in [6.07, 6.45) is -5.93. The first-order valence-electron chi connectivity index (χ1n) is 4.61. The molecule has 102 valence electrons. The number of halogens is 7. The lowest BCUT2D eigenvalue weighted by atomic mass is 10.3. The van der Waals surface area contributed by atoms with Crippen molar-refractivity contribution in [2.75, 3.05) is 18.5 Å². The van der Waals surface area contributed by atoms with E-state index in [-0.39, 0.29) is 0 Å². The van der Waals surface area contributed by atoms with Crippen LogP contribution < -0.4 is 4.90 Å². The molecule has 1 aromatic rings. The van der Waals surface area contributed by atoms with Gasteiger partial charge in [-0.3, -0.25) is 0 Å². The van der Waals surface area contributed by atoms with E-state index < -0.39 is 48.4 Å². The highest BCUT2D eigenvalue weighted by Gasteiger charge is 2.29. The fourth-order valence-electron chi connectivity index (χ4n) is 1.22. The Morgan fingerprint density at radius 1 is 1.00 bits per heavy atom. The second kappa shape index (κ2) is 4.99. The van der Waals surface area contributed by atoms with Gasteiger partial charge in [0.2, 0.25) is 11.6 Å². The molecular weight excluding hydrogens is 269 g/mol. The lowest BCUT2D eigenvalue weighted by Gasteiger charge is -2.21. The third kappa shape index (κ3) is 3.23. The van der Waals surface area contributed by atoms with E-state index in [9.17, 15) is 30.7 Å². The summed E-state index contributed by atoms with van der Waals surface area (Å²) < 4.78 is 87.5. The Bertz CT molecular complexity index is 417. The molecule has 0 radical (unpaired) electrons. The molecular formula is C9H7F7N2. The topological polar surface area (TPSA) is 16.1 Å². The maximum atomic E-state index is 13.1. The average Bonchev–Trinajstić information content (AvgIpc) is 2.23. The summed E-state index contributed by atoms with van der Waals surface area (Å²) in [5.74, 6) is -7.50. The minimum Gasteiger partial charge on any atom is -0.369 e. The lowest BCUT2D eigenvalue weighted by Crippen LogP contribution is -2.26. The Hall–Kier alpha value is -1.54. The fraction of sp³-hybridized carbons (Fsp3) is 0.444. The second-order valence-electron chi connectivity index (χ2n) is 3.46. The zero-order valence-corrected chi connectivity index (χ0v) is 8.95. The Morgan fingerprint density at radius 3 is 1.83 bits per heavy atom. The number of hydrogen-bond acceptors (Lipinski definition) is 2. The average molecular weight is 276 g/mol. The van der Waals surface area contributed by atoms with Gasteiger partial charge >= 0.3 is 6.18 Å². The number of pyridine rings is 1. The summed E-state index contributed by atoms with van der Waals surface area (Å²) in [7, 11) is 0.881. The molecule has 0 fully saturated rings. The number of hydrogen-bond donors (Lipinski definition) is 0. The fourth-order valence-corrected chi connectivity index (χ4v) is 1.22. The molecule has 1 heterocycles. The van der Waals surface area contributed by atoms with Crippen molar-refractivity contribution in [1.29, 1.82) is 0 Å². The predicted molar refractivity (Wildman–Crippen MR) is 48.0 cm³/mol. The van der Waals surface area contributed by atoms with Crippen LogP contribution in [0.1, 0.15) is 6.42 Å². The minimum absolute atomic E-state index is 0.437. The number of aromatic nitrogens is 1. The van der Waals surface area contributed by atoms with Crippen LogP contribution in [-0.4, -0.2) is 24.8 Å². The van der Waals surface area contributed by atoms with Crippen LogP contribution in [0, 0.1) is 23.5 Å². The lowest BCUT2D eigenvalue weighted by molar-refractivity contribution is -0.132. The molecule has 1 rings (SSSR count). The Balaban J connectivity index is 3.02. The van der Waals surface area contributed by atoms with Crippen molar-refractivity contribution >= 4 is 5.69 Å². The van der Waals surface area contributed by atoms with Gasteiger partial charge in [-0.2, -0.15) is 35.7 Å². The second-order valence-corrected chi connectivity index (χ2v) is 3.46. The van der Waals surface area contributed by atoms with Gasteiger partial charge in [0, 0.05) is 13.6 Å². The number of alkyl halides is 3. The molecule has 0 atom stereocenters. The third-order valence-corrected chi connectivity index (χ3v) is 2.09. The SMILES string of the molecule is CN(CCC(F)(F)F)c1c(F)c(F)nc(F)c1F. The molecule has 0 bridgehead atoms. The van der Waals surface area contributed by atoms with Crippen molar-refractivity contribution in [3.05, 3.63) is 23.5 Å². The van der Waals surface area contributed by atoms with Crippen molar-refractivity contribution in [3.8, 4) is 0 Å².